The summed E-state index contributed by atoms with van der Waals surface area (Å²) in [6, 6.07) is 19.2. The van der Waals surface area contributed by atoms with E-state index in [9.17, 15) is 0 Å². The Morgan fingerprint density at radius 1 is 0.750 bits per heavy atom. The summed E-state index contributed by atoms with van der Waals surface area (Å²) in [5.41, 5.74) is 4.51. The molecule has 0 spiro atoms. The Balaban J connectivity index is 1.27. The third kappa shape index (κ3) is 7.72. The Morgan fingerprint density at radius 2 is 1.42 bits per heavy atom. The van der Waals surface area contributed by atoms with Crippen LogP contribution < -0.4 is 4.74 Å². The molecule has 0 unspecified atom stereocenters. The fraction of sp³-hybridized carbons (Fsp3) is 0.545. The van der Waals surface area contributed by atoms with E-state index < -0.39 is 0 Å². The second-order valence-corrected chi connectivity index (χ2v) is 10.7. The van der Waals surface area contributed by atoms with Crippen molar-refractivity contribution >= 4 is 0 Å². The maximum atomic E-state index is 5.89. The molecule has 0 atom stereocenters. The molecule has 0 N–H and O–H groups in total. The van der Waals surface area contributed by atoms with Crippen LogP contribution >= 0.6 is 0 Å². The predicted octanol–water partition coefficient (Wildman–Crippen LogP) is 10.2. The summed E-state index contributed by atoms with van der Waals surface area (Å²) in [4.78, 5) is 0. The summed E-state index contributed by atoms with van der Waals surface area (Å²) in [5, 5.41) is 4.35. The molecular formula is C33H45NO2. The molecule has 0 radical (unpaired) electrons. The van der Waals surface area contributed by atoms with Crippen LogP contribution in [0.4, 0.5) is 0 Å². The maximum Gasteiger partial charge on any atom is 0.167 e. The molecule has 1 heterocycles. The average Bonchev–Trinajstić information content (AvgIpc) is 3.42. The fourth-order valence-corrected chi connectivity index (χ4v) is 5.55. The van der Waals surface area contributed by atoms with Gasteiger partial charge in [0.05, 0.1) is 6.61 Å². The number of benzene rings is 2. The molecule has 1 aromatic heterocycles. The Bertz CT molecular complexity index is 997. The lowest BCUT2D eigenvalue weighted by Gasteiger charge is -2.29. The zero-order valence-electron chi connectivity index (χ0n) is 22.5. The number of rotatable bonds is 14. The number of hydrogen-bond acceptors (Lipinski definition) is 3. The summed E-state index contributed by atoms with van der Waals surface area (Å²) in [6.45, 7) is 5.32. The lowest BCUT2D eigenvalue weighted by Crippen LogP contribution is -2.13. The van der Waals surface area contributed by atoms with Gasteiger partial charge in [-0.05, 0) is 73.8 Å². The van der Waals surface area contributed by atoms with Crippen LogP contribution in [0, 0.1) is 5.92 Å². The minimum absolute atomic E-state index is 0.714. The van der Waals surface area contributed by atoms with Gasteiger partial charge in [-0.25, -0.2) is 0 Å². The number of ether oxygens (including phenoxy) is 1. The highest BCUT2D eigenvalue weighted by Crippen LogP contribution is 2.38. The van der Waals surface area contributed by atoms with Crippen molar-refractivity contribution in [3.05, 3.63) is 60.2 Å². The second kappa shape index (κ2) is 14.3. The van der Waals surface area contributed by atoms with Crippen molar-refractivity contribution in [2.24, 2.45) is 5.92 Å². The Hall–Kier alpha value is -2.55. The van der Waals surface area contributed by atoms with Gasteiger partial charge in [0.1, 0.15) is 11.4 Å². The van der Waals surface area contributed by atoms with Crippen LogP contribution in [-0.2, 0) is 0 Å². The van der Waals surface area contributed by atoms with Gasteiger partial charge in [0.25, 0.3) is 0 Å². The smallest absolute Gasteiger partial charge is 0.167 e. The van der Waals surface area contributed by atoms with Crippen LogP contribution in [0.15, 0.2) is 59.1 Å². The fourth-order valence-electron chi connectivity index (χ4n) is 5.55. The number of nitrogens with zero attached hydrogens (tertiary/aromatic N) is 1. The van der Waals surface area contributed by atoms with Crippen LogP contribution in [0.1, 0.15) is 109 Å². The highest BCUT2D eigenvalue weighted by atomic mass is 16.5. The van der Waals surface area contributed by atoms with Gasteiger partial charge < -0.3 is 9.26 Å². The van der Waals surface area contributed by atoms with Crippen molar-refractivity contribution in [3.8, 4) is 28.3 Å². The monoisotopic (exact) mass is 487 g/mol. The summed E-state index contributed by atoms with van der Waals surface area (Å²) < 4.78 is 11.6. The quantitative estimate of drug-likeness (QED) is 0.212. The average molecular weight is 488 g/mol. The molecule has 3 aromatic rings. The van der Waals surface area contributed by atoms with Crippen molar-refractivity contribution < 1.29 is 9.26 Å². The van der Waals surface area contributed by atoms with E-state index in [0.29, 0.717) is 5.92 Å². The molecule has 4 rings (SSSR count). The van der Waals surface area contributed by atoms with Gasteiger partial charge in [-0.3, -0.25) is 0 Å². The predicted molar refractivity (Wildman–Crippen MR) is 150 cm³/mol. The summed E-state index contributed by atoms with van der Waals surface area (Å²) >= 11 is 0. The zero-order chi connectivity index (χ0) is 25.0. The molecule has 1 saturated carbocycles. The Labute approximate surface area is 218 Å². The molecular weight excluding hydrogens is 442 g/mol. The van der Waals surface area contributed by atoms with Crippen LogP contribution in [0.25, 0.3) is 22.6 Å². The summed E-state index contributed by atoms with van der Waals surface area (Å²) in [7, 11) is 0. The topological polar surface area (TPSA) is 35.3 Å². The van der Waals surface area contributed by atoms with Crippen LogP contribution in [-0.4, -0.2) is 11.8 Å². The normalized spacial score (nSPS) is 17.8. The first-order chi connectivity index (χ1) is 17.8. The third-order valence-corrected chi connectivity index (χ3v) is 7.91. The molecule has 1 aliphatic rings. The van der Waals surface area contributed by atoms with E-state index in [1.54, 1.807) is 0 Å². The molecule has 36 heavy (non-hydrogen) atoms. The molecule has 0 saturated heterocycles. The van der Waals surface area contributed by atoms with E-state index in [4.69, 9.17) is 9.26 Å². The van der Waals surface area contributed by atoms with Crippen molar-refractivity contribution in [1.29, 1.82) is 0 Å². The van der Waals surface area contributed by atoms with Crippen LogP contribution in [0.3, 0.4) is 0 Å². The van der Waals surface area contributed by atoms with E-state index in [-0.39, 0.29) is 0 Å². The Morgan fingerprint density at radius 3 is 2.14 bits per heavy atom. The summed E-state index contributed by atoms with van der Waals surface area (Å²) in [6.07, 6.45) is 17.3. The van der Waals surface area contributed by atoms with E-state index in [2.05, 4.69) is 55.4 Å². The number of aromatic nitrogens is 1. The standard InChI is InChI=1S/C33H45NO2/c1-3-5-7-8-10-24-35-31-22-20-30(21-23-31)33-25-32(34-36-33)29-18-16-28(17-19-29)27-14-12-26(13-15-27)11-9-6-4-2/h16-23,25-27H,3-15,24H2,1-2H3. The SMILES string of the molecule is CCCCCCCOc1ccc(-c2cc(-c3ccc(C4CCC(CCCCC)CC4)cc3)no2)cc1. The minimum atomic E-state index is 0.714. The first-order valence-electron chi connectivity index (χ1n) is 14.6. The zero-order valence-corrected chi connectivity index (χ0v) is 22.5. The molecule has 3 heteroatoms. The molecule has 194 valence electrons. The van der Waals surface area contributed by atoms with E-state index in [1.165, 1.54) is 82.6 Å². The number of unbranched alkanes of at least 4 members (excludes halogenated alkanes) is 6. The molecule has 1 fully saturated rings. The molecule has 0 aliphatic heterocycles. The highest BCUT2D eigenvalue weighted by Gasteiger charge is 2.22. The van der Waals surface area contributed by atoms with Gasteiger partial charge in [0.15, 0.2) is 5.76 Å². The third-order valence-electron chi connectivity index (χ3n) is 7.91. The maximum absolute atomic E-state index is 5.89. The van der Waals surface area contributed by atoms with E-state index in [1.807, 2.05) is 18.2 Å². The van der Waals surface area contributed by atoms with Crippen molar-refractivity contribution in [2.45, 2.75) is 103 Å². The van der Waals surface area contributed by atoms with Gasteiger partial charge in [-0.15, -0.1) is 0 Å². The van der Waals surface area contributed by atoms with Gasteiger partial charge in [0.2, 0.25) is 0 Å². The van der Waals surface area contributed by atoms with Crippen LogP contribution in [0.2, 0.25) is 0 Å². The highest BCUT2D eigenvalue weighted by molar-refractivity contribution is 5.67. The van der Waals surface area contributed by atoms with Crippen molar-refractivity contribution in [2.75, 3.05) is 6.61 Å². The van der Waals surface area contributed by atoms with Gasteiger partial charge in [-0.1, -0.05) is 94.6 Å². The largest absolute Gasteiger partial charge is 0.494 e. The van der Waals surface area contributed by atoms with Crippen LogP contribution in [0.5, 0.6) is 5.75 Å². The van der Waals surface area contributed by atoms with E-state index in [0.717, 1.165) is 47.3 Å². The Kier molecular flexibility index (Phi) is 10.5. The number of hydrogen-bond donors (Lipinski definition) is 0. The molecule has 0 amide bonds. The van der Waals surface area contributed by atoms with Gasteiger partial charge in [0, 0.05) is 17.2 Å². The van der Waals surface area contributed by atoms with Gasteiger partial charge in [-0.2, -0.15) is 0 Å². The molecule has 3 nitrogen and oxygen atoms in total. The second-order valence-electron chi connectivity index (χ2n) is 10.7. The van der Waals surface area contributed by atoms with Crippen molar-refractivity contribution in [3.63, 3.8) is 0 Å². The first kappa shape index (κ1) is 26.5. The van der Waals surface area contributed by atoms with Gasteiger partial charge >= 0.3 is 0 Å². The molecule has 0 bridgehead atoms. The molecule has 2 aromatic carbocycles. The lowest BCUT2D eigenvalue weighted by molar-refractivity contribution is 0.303. The molecule has 1 aliphatic carbocycles. The first-order valence-corrected chi connectivity index (χ1v) is 14.6. The summed E-state index contributed by atoms with van der Waals surface area (Å²) in [5.74, 6) is 3.38. The van der Waals surface area contributed by atoms with E-state index >= 15 is 0 Å². The lowest BCUT2D eigenvalue weighted by atomic mass is 9.77. The van der Waals surface area contributed by atoms with Crippen molar-refractivity contribution in [1.82, 2.24) is 5.16 Å². The minimum Gasteiger partial charge on any atom is -0.494 e.